The van der Waals surface area contributed by atoms with Crippen molar-refractivity contribution in [3.8, 4) is 5.75 Å². The fourth-order valence-electron chi connectivity index (χ4n) is 2.79. The van der Waals surface area contributed by atoms with Gasteiger partial charge in [0, 0.05) is 44.1 Å². The summed E-state index contributed by atoms with van der Waals surface area (Å²) < 4.78 is 10.9. The van der Waals surface area contributed by atoms with Gasteiger partial charge in [-0.25, -0.2) is 4.98 Å². The Morgan fingerprint density at radius 3 is 2.66 bits per heavy atom. The molecule has 1 aromatic carbocycles. The molecule has 0 bridgehead atoms. The molecule has 8 heteroatoms. The van der Waals surface area contributed by atoms with E-state index in [0.29, 0.717) is 19.8 Å². The minimum atomic E-state index is 0. The summed E-state index contributed by atoms with van der Waals surface area (Å²) in [6, 6.07) is 6.23. The van der Waals surface area contributed by atoms with Crippen LogP contribution in [0.15, 0.2) is 23.2 Å². The lowest BCUT2D eigenvalue weighted by atomic mass is 10.1. The van der Waals surface area contributed by atoms with Crippen molar-refractivity contribution in [3.63, 3.8) is 0 Å². The average Bonchev–Trinajstić information content (AvgIpc) is 3.05. The predicted octanol–water partition coefficient (Wildman–Crippen LogP) is 3.87. The number of aryl methyl sites for hydroxylation is 3. The van der Waals surface area contributed by atoms with Gasteiger partial charge in [0.25, 0.3) is 0 Å². The van der Waals surface area contributed by atoms with Crippen LogP contribution in [-0.2, 0) is 24.1 Å². The number of thiazole rings is 1. The molecule has 1 aromatic heterocycles. The van der Waals surface area contributed by atoms with E-state index in [0.717, 1.165) is 36.7 Å². The molecule has 0 radical (unpaired) electrons. The monoisotopic (exact) mass is 532 g/mol. The quantitative estimate of drug-likeness (QED) is 0.211. The molecule has 0 aliphatic heterocycles. The number of ether oxygens (including phenoxy) is 2. The zero-order chi connectivity index (χ0) is 20.4. The third kappa shape index (κ3) is 8.47. The molecule has 0 saturated heterocycles. The van der Waals surface area contributed by atoms with E-state index >= 15 is 0 Å². The fourth-order valence-corrected chi connectivity index (χ4v) is 3.81. The van der Waals surface area contributed by atoms with Crippen molar-refractivity contribution in [3.05, 3.63) is 44.9 Å². The van der Waals surface area contributed by atoms with Gasteiger partial charge in [0.1, 0.15) is 12.4 Å². The summed E-state index contributed by atoms with van der Waals surface area (Å²) in [7, 11) is 3.46. The summed E-state index contributed by atoms with van der Waals surface area (Å²) in [5, 5.41) is 7.89. The van der Waals surface area contributed by atoms with E-state index in [1.807, 2.05) is 0 Å². The highest BCUT2D eigenvalue weighted by Crippen LogP contribution is 2.20. The van der Waals surface area contributed by atoms with Crippen LogP contribution in [0.1, 0.15) is 33.6 Å². The second-order valence-corrected chi connectivity index (χ2v) is 7.81. The van der Waals surface area contributed by atoms with Crippen molar-refractivity contribution in [2.24, 2.45) is 4.99 Å². The maximum Gasteiger partial charge on any atom is 0.191 e. The average molecular weight is 532 g/mol. The smallest absolute Gasteiger partial charge is 0.191 e. The first-order valence-corrected chi connectivity index (χ1v) is 10.5. The lowest BCUT2D eigenvalue weighted by Crippen LogP contribution is -2.37. The van der Waals surface area contributed by atoms with E-state index in [-0.39, 0.29) is 24.0 Å². The van der Waals surface area contributed by atoms with Gasteiger partial charge in [-0.05, 0) is 31.9 Å². The molecule has 0 saturated carbocycles. The van der Waals surface area contributed by atoms with Gasteiger partial charge in [-0.3, -0.25) is 4.99 Å². The van der Waals surface area contributed by atoms with Crippen LogP contribution < -0.4 is 15.4 Å². The zero-order valence-corrected chi connectivity index (χ0v) is 21.1. The van der Waals surface area contributed by atoms with Gasteiger partial charge in [0.2, 0.25) is 0 Å². The molecule has 0 amide bonds. The Kier molecular flexibility index (Phi) is 12.2. The van der Waals surface area contributed by atoms with E-state index in [1.54, 1.807) is 25.5 Å². The standard InChI is InChI=1S/C21H32N4O2S.HI/c1-6-18-16(3)28-20(25-18)9-10-23-21(22-4)24-14-17-8-7-15(2)13-19(17)27-12-11-26-5;/h7-8,13H,6,9-12,14H2,1-5H3,(H2,22,23,24);1H. The number of rotatable bonds is 10. The van der Waals surface area contributed by atoms with Crippen molar-refractivity contribution in [1.82, 2.24) is 15.6 Å². The topological polar surface area (TPSA) is 67.8 Å². The van der Waals surface area contributed by atoms with Gasteiger partial charge in [0.05, 0.1) is 17.3 Å². The second kappa shape index (κ2) is 13.8. The molecule has 29 heavy (non-hydrogen) atoms. The number of aromatic nitrogens is 1. The highest BCUT2D eigenvalue weighted by Gasteiger charge is 2.08. The maximum absolute atomic E-state index is 5.86. The first-order chi connectivity index (χ1) is 13.6. The molecule has 2 aromatic rings. The van der Waals surface area contributed by atoms with E-state index in [4.69, 9.17) is 14.5 Å². The summed E-state index contributed by atoms with van der Waals surface area (Å²) in [5.41, 5.74) is 3.47. The van der Waals surface area contributed by atoms with Crippen molar-refractivity contribution in [2.45, 2.75) is 40.2 Å². The molecule has 0 aliphatic rings. The Labute approximate surface area is 195 Å². The van der Waals surface area contributed by atoms with Gasteiger partial charge >= 0.3 is 0 Å². The molecular formula is C21H33IN4O2S. The highest BCUT2D eigenvalue weighted by atomic mass is 127. The van der Waals surface area contributed by atoms with E-state index in [2.05, 4.69) is 54.6 Å². The molecule has 2 rings (SSSR count). The minimum Gasteiger partial charge on any atom is -0.491 e. The molecule has 6 nitrogen and oxygen atoms in total. The Balaban J connectivity index is 0.00000420. The number of hydrogen-bond acceptors (Lipinski definition) is 5. The maximum atomic E-state index is 5.86. The van der Waals surface area contributed by atoms with Crippen LogP contribution in [0.25, 0.3) is 0 Å². The van der Waals surface area contributed by atoms with Crippen LogP contribution in [0.2, 0.25) is 0 Å². The zero-order valence-electron chi connectivity index (χ0n) is 18.0. The number of halogens is 1. The van der Waals surface area contributed by atoms with Gasteiger partial charge in [-0.1, -0.05) is 19.1 Å². The van der Waals surface area contributed by atoms with Crippen LogP contribution in [0.3, 0.4) is 0 Å². The molecule has 0 fully saturated rings. The van der Waals surface area contributed by atoms with Gasteiger partial charge in [-0.15, -0.1) is 35.3 Å². The molecule has 0 spiro atoms. The van der Waals surface area contributed by atoms with Crippen LogP contribution in [0, 0.1) is 13.8 Å². The Morgan fingerprint density at radius 1 is 1.21 bits per heavy atom. The van der Waals surface area contributed by atoms with Crippen molar-refractivity contribution < 1.29 is 9.47 Å². The Hall–Kier alpha value is -1.39. The first kappa shape index (κ1) is 25.6. The first-order valence-electron chi connectivity index (χ1n) is 9.68. The number of nitrogens with zero attached hydrogens (tertiary/aromatic N) is 2. The van der Waals surface area contributed by atoms with Crippen molar-refractivity contribution in [1.29, 1.82) is 0 Å². The summed E-state index contributed by atoms with van der Waals surface area (Å²) in [5.74, 6) is 1.65. The molecule has 162 valence electrons. The minimum absolute atomic E-state index is 0. The summed E-state index contributed by atoms with van der Waals surface area (Å²) in [6.45, 7) is 8.88. The Bertz CT molecular complexity index is 780. The third-order valence-electron chi connectivity index (χ3n) is 4.34. The van der Waals surface area contributed by atoms with E-state index in [1.165, 1.54) is 21.1 Å². The van der Waals surface area contributed by atoms with Gasteiger partial charge in [-0.2, -0.15) is 0 Å². The number of nitrogens with one attached hydrogen (secondary N) is 2. The second-order valence-electron chi connectivity index (χ2n) is 6.52. The lowest BCUT2D eigenvalue weighted by Gasteiger charge is -2.15. The van der Waals surface area contributed by atoms with Crippen molar-refractivity contribution in [2.75, 3.05) is 33.9 Å². The normalized spacial score (nSPS) is 11.1. The van der Waals surface area contributed by atoms with E-state index < -0.39 is 0 Å². The number of aliphatic imine (C=N–C) groups is 1. The summed E-state index contributed by atoms with van der Waals surface area (Å²) in [6.07, 6.45) is 1.88. The van der Waals surface area contributed by atoms with Gasteiger partial charge < -0.3 is 20.1 Å². The summed E-state index contributed by atoms with van der Waals surface area (Å²) in [4.78, 5) is 10.3. The fraction of sp³-hybridized carbons (Fsp3) is 0.524. The molecule has 2 N–H and O–H groups in total. The van der Waals surface area contributed by atoms with Crippen LogP contribution in [0.5, 0.6) is 5.75 Å². The van der Waals surface area contributed by atoms with Gasteiger partial charge in [0.15, 0.2) is 5.96 Å². The van der Waals surface area contributed by atoms with Crippen LogP contribution in [0.4, 0.5) is 0 Å². The highest BCUT2D eigenvalue weighted by molar-refractivity contribution is 14.0. The number of methoxy groups -OCH3 is 1. The SMILES string of the molecule is CCc1nc(CCNC(=NC)NCc2ccc(C)cc2OCCOC)sc1C.I. The van der Waals surface area contributed by atoms with E-state index in [9.17, 15) is 0 Å². The number of benzene rings is 1. The Morgan fingerprint density at radius 2 is 2.00 bits per heavy atom. The van der Waals surface area contributed by atoms with Crippen LogP contribution in [-0.4, -0.2) is 44.9 Å². The summed E-state index contributed by atoms with van der Waals surface area (Å²) >= 11 is 1.78. The number of guanidine groups is 1. The third-order valence-corrected chi connectivity index (χ3v) is 5.41. The predicted molar refractivity (Wildman–Crippen MR) is 132 cm³/mol. The molecule has 0 aliphatic carbocycles. The molecule has 0 unspecified atom stereocenters. The largest absolute Gasteiger partial charge is 0.491 e. The molecule has 1 heterocycles. The molecule has 0 atom stereocenters. The number of hydrogen-bond donors (Lipinski definition) is 2. The van der Waals surface area contributed by atoms with Crippen molar-refractivity contribution >= 4 is 41.3 Å². The molecular weight excluding hydrogens is 499 g/mol. The lowest BCUT2D eigenvalue weighted by molar-refractivity contribution is 0.145. The van der Waals surface area contributed by atoms with Crippen LogP contribution >= 0.6 is 35.3 Å².